The van der Waals surface area contributed by atoms with E-state index in [1.807, 2.05) is 0 Å². The summed E-state index contributed by atoms with van der Waals surface area (Å²) in [6, 6.07) is 49.4. The van der Waals surface area contributed by atoms with Gasteiger partial charge >= 0.3 is 0 Å². The maximum absolute atomic E-state index is 3.57. The lowest BCUT2D eigenvalue weighted by atomic mass is 9.82. The standard InChI is InChI=1S/C42H34BrN/c1-41(2)37-11-7-5-9-33(37)35-23-21-31(25-39(35)41)44(30-19-15-28(16-20-30)27-13-17-29(43)18-14-27)32-22-24-36-34-10-6-8-12-38(34)42(3,4)40(36)26-32/h5-26H,1-4H3. The molecule has 0 N–H and O–H groups in total. The van der Waals surface area contributed by atoms with Crippen LogP contribution in [0.25, 0.3) is 33.4 Å². The van der Waals surface area contributed by atoms with Crippen molar-refractivity contribution in [1.29, 1.82) is 0 Å². The molecule has 0 spiro atoms. The summed E-state index contributed by atoms with van der Waals surface area (Å²) in [5.74, 6) is 0. The van der Waals surface area contributed by atoms with Crippen molar-refractivity contribution in [2.24, 2.45) is 0 Å². The van der Waals surface area contributed by atoms with Crippen molar-refractivity contribution in [2.45, 2.75) is 38.5 Å². The molecule has 0 heterocycles. The number of anilines is 3. The van der Waals surface area contributed by atoms with Gasteiger partial charge in [-0.2, -0.15) is 0 Å². The fraction of sp³-hybridized carbons (Fsp3) is 0.143. The van der Waals surface area contributed by atoms with Gasteiger partial charge in [0.05, 0.1) is 0 Å². The van der Waals surface area contributed by atoms with Crippen LogP contribution >= 0.6 is 15.9 Å². The molecule has 214 valence electrons. The van der Waals surface area contributed by atoms with Crippen molar-refractivity contribution < 1.29 is 0 Å². The van der Waals surface area contributed by atoms with E-state index in [1.165, 1.54) is 67.0 Å². The minimum Gasteiger partial charge on any atom is -0.310 e. The zero-order chi connectivity index (χ0) is 30.2. The molecule has 0 amide bonds. The summed E-state index contributed by atoms with van der Waals surface area (Å²) >= 11 is 3.57. The molecule has 0 radical (unpaired) electrons. The number of hydrogen-bond acceptors (Lipinski definition) is 1. The van der Waals surface area contributed by atoms with Crippen molar-refractivity contribution in [1.82, 2.24) is 0 Å². The van der Waals surface area contributed by atoms with Crippen molar-refractivity contribution in [3.8, 4) is 33.4 Å². The zero-order valence-corrected chi connectivity index (χ0v) is 27.1. The second-order valence-electron chi connectivity index (χ2n) is 13.2. The molecule has 2 heteroatoms. The molecule has 2 aliphatic rings. The van der Waals surface area contributed by atoms with E-state index in [1.54, 1.807) is 0 Å². The summed E-state index contributed by atoms with van der Waals surface area (Å²) in [6.45, 7) is 9.42. The van der Waals surface area contributed by atoms with E-state index in [-0.39, 0.29) is 10.8 Å². The highest BCUT2D eigenvalue weighted by molar-refractivity contribution is 9.10. The SMILES string of the molecule is CC1(C)c2ccccc2-c2ccc(N(c3ccc(-c4ccc(Br)cc4)cc3)c3ccc4c(c3)C(C)(C)c3ccccc3-4)cc21. The largest absolute Gasteiger partial charge is 0.310 e. The Morgan fingerprint density at radius 3 is 1.27 bits per heavy atom. The molecule has 0 bridgehead atoms. The highest BCUT2D eigenvalue weighted by Gasteiger charge is 2.37. The van der Waals surface area contributed by atoms with Crippen LogP contribution in [0, 0.1) is 0 Å². The van der Waals surface area contributed by atoms with Gasteiger partial charge in [0.1, 0.15) is 0 Å². The summed E-state index contributed by atoms with van der Waals surface area (Å²) in [6.07, 6.45) is 0. The molecule has 8 rings (SSSR count). The van der Waals surface area contributed by atoms with Crippen molar-refractivity contribution in [2.75, 3.05) is 4.90 Å². The van der Waals surface area contributed by atoms with Crippen LogP contribution in [0.15, 0.2) is 138 Å². The number of hydrogen-bond donors (Lipinski definition) is 0. The van der Waals surface area contributed by atoms with Crippen LogP contribution in [-0.4, -0.2) is 0 Å². The first kappa shape index (κ1) is 27.2. The van der Waals surface area contributed by atoms with E-state index < -0.39 is 0 Å². The molecule has 0 saturated carbocycles. The predicted molar refractivity (Wildman–Crippen MR) is 189 cm³/mol. The third kappa shape index (κ3) is 4.04. The van der Waals surface area contributed by atoms with Gasteiger partial charge in [-0.3, -0.25) is 0 Å². The Kier molecular flexibility index (Phi) is 6.06. The Morgan fingerprint density at radius 2 is 0.795 bits per heavy atom. The third-order valence-electron chi connectivity index (χ3n) is 9.95. The lowest BCUT2D eigenvalue weighted by molar-refractivity contribution is 0.660. The fourth-order valence-electron chi connectivity index (χ4n) is 7.56. The average molecular weight is 633 g/mol. The van der Waals surface area contributed by atoms with Crippen LogP contribution in [0.1, 0.15) is 49.9 Å². The number of benzene rings is 6. The lowest BCUT2D eigenvalue weighted by Gasteiger charge is -2.30. The molecule has 0 atom stereocenters. The summed E-state index contributed by atoms with van der Waals surface area (Å²) in [7, 11) is 0. The monoisotopic (exact) mass is 631 g/mol. The second-order valence-corrected chi connectivity index (χ2v) is 14.1. The lowest BCUT2D eigenvalue weighted by Crippen LogP contribution is -2.18. The van der Waals surface area contributed by atoms with E-state index in [0.29, 0.717) is 0 Å². The highest BCUT2D eigenvalue weighted by Crippen LogP contribution is 2.53. The highest BCUT2D eigenvalue weighted by atomic mass is 79.9. The number of nitrogens with zero attached hydrogens (tertiary/aromatic N) is 1. The number of rotatable bonds is 4. The number of fused-ring (bicyclic) bond motifs is 6. The smallest absolute Gasteiger partial charge is 0.0465 e. The van der Waals surface area contributed by atoms with Crippen LogP contribution in [0.3, 0.4) is 0 Å². The van der Waals surface area contributed by atoms with Crippen LogP contribution < -0.4 is 4.90 Å². The van der Waals surface area contributed by atoms with Gasteiger partial charge in [0.25, 0.3) is 0 Å². The zero-order valence-electron chi connectivity index (χ0n) is 25.5. The van der Waals surface area contributed by atoms with Crippen LogP contribution in [0.4, 0.5) is 17.1 Å². The molecule has 44 heavy (non-hydrogen) atoms. The summed E-state index contributed by atoms with van der Waals surface area (Å²) in [4.78, 5) is 2.43. The minimum absolute atomic E-state index is 0.0688. The Hall–Kier alpha value is -4.40. The van der Waals surface area contributed by atoms with Gasteiger partial charge in [0.15, 0.2) is 0 Å². The molecule has 0 aliphatic heterocycles. The maximum Gasteiger partial charge on any atom is 0.0465 e. The Morgan fingerprint density at radius 1 is 0.409 bits per heavy atom. The Bertz CT molecular complexity index is 1960. The van der Waals surface area contributed by atoms with E-state index in [2.05, 4.69) is 182 Å². The summed E-state index contributed by atoms with van der Waals surface area (Å²) in [5, 5.41) is 0. The van der Waals surface area contributed by atoms with Gasteiger partial charge in [0.2, 0.25) is 0 Å². The second kappa shape index (κ2) is 9.81. The first-order valence-electron chi connectivity index (χ1n) is 15.4. The average Bonchev–Trinajstić information content (AvgIpc) is 3.41. The quantitative estimate of drug-likeness (QED) is 0.187. The molecular weight excluding hydrogens is 598 g/mol. The molecule has 6 aromatic rings. The molecule has 2 aliphatic carbocycles. The molecule has 0 saturated heterocycles. The Labute approximate surface area is 269 Å². The van der Waals surface area contributed by atoms with Crippen molar-refractivity contribution >= 4 is 33.0 Å². The molecule has 6 aromatic carbocycles. The van der Waals surface area contributed by atoms with Crippen molar-refractivity contribution in [3.05, 3.63) is 160 Å². The maximum atomic E-state index is 3.57. The van der Waals surface area contributed by atoms with Gasteiger partial charge in [-0.05, 0) is 104 Å². The van der Waals surface area contributed by atoms with E-state index in [4.69, 9.17) is 0 Å². The fourth-order valence-corrected chi connectivity index (χ4v) is 7.82. The minimum atomic E-state index is -0.0688. The first-order valence-corrected chi connectivity index (χ1v) is 16.2. The normalized spacial score (nSPS) is 14.8. The van der Waals surface area contributed by atoms with Gasteiger partial charge in [-0.15, -0.1) is 0 Å². The molecule has 0 aromatic heterocycles. The van der Waals surface area contributed by atoms with Crippen LogP contribution in [-0.2, 0) is 10.8 Å². The third-order valence-corrected chi connectivity index (χ3v) is 10.5. The van der Waals surface area contributed by atoms with Gasteiger partial charge in [-0.25, -0.2) is 0 Å². The van der Waals surface area contributed by atoms with E-state index in [0.717, 1.165) is 10.2 Å². The molecule has 0 fully saturated rings. The van der Waals surface area contributed by atoms with Crippen LogP contribution in [0.5, 0.6) is 0 Å². The topological polar surface area (TPSA) is 3.24 Å². The number of halogens is 1. The van der Waals surface area contributed by atoms with Crippen LogP contribution in [0.2, 0.25) is 0 Å². The van der Waals surface area contributed by atoms with E-state index in [9.17, 15) is 0 Å². The van der Waals surface area contributed by atoms with Gasteiger partial charge in [0, 0.05) is 32.4 Å². The van der Waals surface area contributed by atoms with Crippen molar-refractivity contribution in [3.63, 3.8) is 0 Å². The predicted octanol–water partition coefficient (Wildman–Crippen LogP) is 12.2. The molecular formula is C42H34BrN. The van der Waals surface area contributed by atoms with E-state index >= 15 is 0 Å². The molecule has 1 nitrogen and oxygen atoms in total. The summed E-state index contributed by atoms with van der Waals surface area (Å²) in [5.41, 5.74) is 16.7. The summed E-state index contributed by atoms with van der Waals surface area (Å²) < 4.78 is 1.09. The Balaban J connectivity index is 1.29. The van der Waals surface area contributed by atoms with Gasteiger partial charge < -0.3 is 4.90 Å². The first-order chi connectivity index (χ1) is 21.2. The van der Waals surface area contributed by atoms with Gasteiger partial charge in [-0.1, -0.05) is 129 Å². The molecule has 0 unspecified atom stereocenters.